The Kier molecular flexibility index (Phi) is 5.57. The van der Waals surface area contributed by atoms with Gasteiger partial charge in [0.1, 0.15) is 0 Å². The topological polar surface area (TPSA) is 35.5 Å². The van der Waals surface area contributed by atoms with Crippen LogP contribution in [0, 0.1) is 0 Å². The van der Waals surface area contributed by atoms with E-state index in [4.69, 9.17) is 4.74 Å². The lowest BCUT2D eigenvalue weighted by atomic mass is 10.1. The Hall–Kier alpha value is -1.35. The van der Waals surface area contributed by atoms with Gasteiger partial charge in [-0.15, -0.1) is 0 Å². The zero-order valence-corrected chi connectivity index (χ0v) is 9.81. The molecule has 0 amide bonds. The van der Waals surface area contributed by atoms with E-state index >= 15 is 0 Å². The van der Waals surface area contributed by atoms with Crippen LogP contribution in [0.2, 0.25) is 0 Å². The summed E-state index contributed by atoms with van der Waals surface area (Å²) in [6, 6.07) is 10.2. The third-order valence-electron chi connectivity index (χ3n) is 2.35. The summed E-state index contributed by atoms with van der Waals surface area (Å²) in [7, 11) is 1.37. The Morgan fingerprint density at radius 2 is 2.00 bits per heavy atom. The highest BCUT2D eigenvalue weighted by atomic mass is 16.6. The monoisotopic (exact) mass is 222 g/mol. The largest absolute Gasteiger partial charge is 0.467 e. The van der Waals surface area contributed by atoms with Gasteiger partial charge in [-0.25, -0.2) is 4.79 Å². The third-order valence-corrected chi connectivity index (χ3v) is 2.35. The number of hydrogen-bond acceptors (Lipinski definition) is 3. The highest BCUT2D eigenvalue weighted by Crippen LogP contribution is 2.03. The highest BCUT2D eigenvalue weighted by molar-refractivity contribution is 5.73. The van der Waals surface area contributed by atoms with Gasteiger partial charge in [0.25, 0.3) is 0 Å². The molecule has 0 bridgehead atoms. The molecule has 16 heavy (non-hydrogen) atoms. The van der Waals surface area contributed by atoms with Crippen LogP contribution in [0.3, 0.4) is 0 Å². The first-order valence-electron chi connectivity index (χ1n) is 5.47. The normalized spacial score (nSPS) is 12.1. The summed E-state index contributed by atoms with van der Waals surface area (Å²) in [6.45, 7) is 2.28. The minimum absolute atomic E-state index is 0.320. The van der Waals surface area contributed by atoms with E-state index in [0.29, 0.717) is 6.61 Å². The minimum atomic E-state index is -0.472. The molecule has 0 heterocycles. The fraction of sp³-hybridized carbons (Fsp3) is 0.462. The third kappa shape index (κ3) is 4.45. The second kappa shape index (κ2) is 7.01. The first-order valence-corrected chi connectivity index (χ1v) is 5.47. The molecule has 1 aromatic rings. The summed E-state index contributed by atoms with van der Waals surface area (Å²) < 4.78 is 9.91. The molecule has 0 saturated carbocycles. The number of rotatable bonds is 6. The number of benzene rings is 1. The van der Waals surface area contributed by atoms with Crippen molar-refractivity contribution in [1.82, 2.24) is 0 Å². The standard InChI is InChI=1S/C13H18O3/c1-11(13(14)15-2)16-10-6-9-12-7-4-3-5-8-12/h3-5,7-8,11H,6,9-10H2,1-2H3/t11-/m0/s1. The van der Waals surface area contributed by atoms with E-state index in [2.05, 4.69) is 16.9 Å². The molecule has 0 aliphatic heterocycles. The summed E-state index contributed by atoms with van der Waals surface area (Å²) in [5.74, 6) is -0.320. The molecule has 0 unspecified atom stereocenters. The molecular weight excluding hydrogens is 204 g/mol. The summed E-state index contributed by atoms with van der Waals surface area (Å²) in [6.07, 6.45) is 1.40. The molecule has 0 saturated heterocycles. The van der Waals surface area contributed by atoms with E-state index < -0.39 is 6.10 Å². The van der Waals surface area contributed by atoms with Gasteiger partial charge in [-0.3, -0.25) is 0 Å². The van der Waals surface area contributed by atoms with Crippen LogP contribution >= 0.6 is 0 Å². The quantitative estimate of drug-likeness (QED) is 0.546. The van der Waals surface area contributed by atoms with Crippen molar-refractivity contribution in [3.8, 4) is 0 Å². The van der Waals surface area contributed by atoms with Crippen LogP contribution in [0.5, 0.6) is 0 Å². The summed E-state index contributed by atoms with van der Waals surface area (Å²) in [5, 5.41) is 0. The first-order chi connectivity index (χ1) is 7.74. The molecule has 1 atom stereocenters. The van der Waals surface area contributed by atoms with Crippen molar-refractivity contribution in [2.45, 2.75) is 25.9 Å². The van der Waals surface area contributed by atoms with Crippen LogP contribution in [-0.4, -0.2) is 25.8 Å². The summed E-state index contributed by atoms with van der Waals surface area (Å²) >= 11 is 0. The van der Waals surface area contributed by atoms with E-state index in [1.807, 2.05) is 18.2 Å². The van der Waals surface area contributed by atoms with Gasteiger partial charge in [-0.2, -0.15) is 0 Å². The van der Waals surface area contributed by atoms with Gasteiger partial charge in [0.05, 0.1) is 7.11 Å². The fourth-order valence-corrected chi connectivity index (χ4v) is 1.42. The van der Waals surface area contributed by atoms with Crippen molar-refractivity contribution in [2.75, 3.05) is 13.7 Å². The second-order valence-corrected chi connectivity index (χ2v) is 3.63. The molecule has 0 spiro atoms. The van der Waals surface area contributed by atoms with Crippen LogP contribution in [0.1, 0.15) is 18.9 Å². The van der Waals surface area contributed by atoms with Crippen LogP contribution < -0.4 is 0 Å². The van der Waals surface area contributed by atoms with E-state index in [9.17, 15) is 4.79 Å². The highest BCUT2D eigenvalue weighted by Gasteiger charge is 2.12. The van der Waals surface area contributed by atoms with E-state index in [-0.39, 0.29) is 5.97 Å². The van der Waals surface area contributed by atoms with Crippen LogP contribution in [0.4, 0.5) is 0 Å². The molecule has 1 aromatic carbocycles. The molecule has 1 rings (SSSR count). The maximum atomic E-state index is 11.0. The number of ether oxygens (including phenoxy) is 2. The van der Waals surface area contributed by atoms with Crippen molar-refractivity contribution < 1.29 is 14.3 Å². The zero-order valence-electron chi connectivity index (χ0n) is 9.81. The molecule has 0 N–H and O–H groups in total. The predicted octanol–water partition coefficient (Wildman–Crippen LogP) is 2.20. The summed E-state index contributed by atoms with van der Waals surface area (Å²) in [4.78, 5) is 11.0. The van der Waals surface area contributed by atoms with Gasteiger partial charge in [0.2, 0.25) is 0 Å². The Morgan fingerprint density at radius 1 is 1.31 bits per heavy atom. The number of carbonyl (C=O) groups is 1. The molecule has 0 aliphatic rings. The number of aryl methyl sites for hydroxylation is 1. The molecule has 88 valence electrons. The van der Waals surface area contributed by atoms with Crippen LogP contribution in [-0.2, 0) is 20.7 Å². The predicted molar refractivity (Wildman–Crippen MR) is 62.2 cm³/mol. The zero-order chi connectivity index (χ0) is 11.8. The van der Waals surface area contributed by atoms with Gasteiger partial charge in [-0.1, -0.05) is 30.3 Å². The Balaban J connectivity index is 2.15. The van der Waals surface area contributed by atoms with Gasteiger partial charge >= 0.3 is 5.97 Å². The number of methoxy groups -OCH3 is 1. The molecule has 3 heteroatoms. The van der Waals surface area contributed by atoms with Gasteiger partial charge in [0.15, 0.2) is 6.10 Å². The molecule has 0 aromatic heterocycles. The Bertz CT molecular complexity index is 308. The van der Waals surface area contributed by atoms with E-state index in [0.717, 1.165) is 12.8 Å². The smallest absolute Gasteiger partial charge is 0.334 e. The van der Waals surface area contributed by atoms with Crippen molar-refractivity contribution in [1.29, 1.82) is 0 Å². The first kappa shape index (κ1) is 12.7. The van der Waals surface area contributed by atoms with Crippen molar-refractivity contribution in [3.05, 3.63) is 35.9 Å². The average molecular weight is 222 g/mol. The maximum absolute atomic E-state index is 11.0. The lowest BCUT2D eigenvalue weighted by Gasteiger charge is -2.10. The van der Waals surface area contributed by atoms with E-state index in [1.165, 1.54) is 12.7 Å². The summed E-state index contributed by atoms with van der Waals surface area (Å²) in [5.41, 5.74) is 1.29. The van der Waals surface area contributed by atoms with Crippen LogP contribution in [0.25, 0.3) is 0 Å². The number of carbonyl (C=O) groups excluding carboxylic acids is 1. The minimum Gasteiger partial charge on any atom is -0.467 e. The van der Waals surface area contributed by atoms with Crippen molar-refractivity contribution in [2.24, 2.45) is 0 Å². The maximum Gasteiger partial charge on any atom is 0.334 e. The number of esters is 1. The SMILES string of the molecule is COC(=O)[C@H](C)OCCCc1ccccc1. The van der Waals surface area contributed by atoms with Gasteiger partial charge < -0.3 is 9.47 Å². The van der Waals surface area contributed by atoms with Gasteiger partial charge in [-0.05, 0) is 25.3 Å². The molecule has 0 fully saturated rings. The van der Waals surface area contributed by atoms with Gasteiger partial charge in [0, 0.05) is 6.61 Å². The molecule has 3 nitrogen and oxygen atoms in total. The van der Waals surface area contributed by atoms with Crippen molar-refractivity contribution >= 4 is 5.97 Å². The Morgan fingerprint density at radius 3 is 2.62 bits per heavy atom. The Labute approximate surface area is 96.4 Å². The lowest BCUT2D eigenvalue weighted by molar-refractivity contribution is -0.152. The number of hydrogen-bond donors (Lipinski definition) is 0. The van der Waals surface area contributed by atoms with Crippen molar-refractivity contribution in [3.63, 3.8) is 0 Å². The molecule has 0 aliphatic carbocycles. The fourth-order valence-electron chi connectivity index (χ4n) is 1.42. The molecule has 0 radical (unpaired) electrons. The average Bonchev–Trinajstić information content (AvgIpc) is 2.34. The van der Waals surface area contributed by atoms with E-state index in [1.54, 1.807) is 6.92 Å². The van der Waals surface area contributed by atoms with Crippen LogP contribution in [0.15, 0.2) is 30.3 Å². The molecular formula is C13H18O3. The lowest BCUT2D eigenvalue weighted by Crippen LogP contribution is -2.22. The second-order valence-electron chi connectivity index (χ2n) is 3.63.